The van der Waals surface area contributed by atoms with Gasteiger partial charge in [0.2, 0.25) is 0 Å². The van der Waals surface area contributed by atoms with Crippen LogP contribution in [0.3, 0.4) is 0 Å². The summed E-state index contributed by atoms with van der Waals surface area (Å²) in [5.74, 6) is 1.81. The van der Waals surface area contributed by atoms with Gasteiger partial charge in [0, 0.05) is 12.1 Å². The third-order valence-electron chi connectivity index (χ3n) is 2.38. The number of hydrogen-bond donors (Lipinski definition) is 0. The Labute approximate surface area is 108 Å². The first-order valence-electron chi connectivity index (χ1n) is 5.39. The molecule has 0 saturated carbocycles. The van der Waals surface area contributed by atoms with Crippen molar-refractivity contribution in [3.05, 3.63) is 22.6 Å². The lowest BCUT2D eigenvalue weighted by molar-refractivity contribution is 0.354. The highest BCUT2D eigenvalue weighted by atomic mass is 32.2. The molecule has 1 heterocycles. The predicted molar refractivity (Wildman–Crippen MR) is 69.8 cm³/mol. The van der Waals surface area contributed by atoms with Crippen molar-refractivity contribution in [1.82, 2.24) is 4.98 Å². The SMILES string of the molecule is CCSc1nc2cc(OC)c(OC)cc2c(=O)o1. The van der Waals surface area contributed by atoms with Crippen molar-refractivity contribution in [2.75, 3.05) is 20.0 Å². The molecule has 0 amide bonds. The molecule has 1 aromatic heterocycles. The molecule has 0 aliphatic carbocycles. The van der Waals surface area contributed by atoms with Gasteiger partial charge in [-0.1, -0.05) is 18.7 Å². The summed E-state index contributed by atoms with van der Waals surface area (Å²) in [5.41, 5.74) is 0.122. The Morgan fingerprint density at radius 2 is 1.94 bits per heavy atom. The van der Waals surface area contributed by atoms with Crippen LogP contribution in [0.5, 0.6) is 11.5 Å². The fourth-order valence-electron chi connectivity index (χ4n) is 1.56. The van der Waals surface area contributed by atoms with Crippen LogP contribution in [0, 0.1) is 0 Å². The van der Waals surface area contributed by atoms with E-state index in [0.29, 0.717) is 27.6 Å². The molecule has 1 aromatic carbocycles. The molecule has 0 aliphatic heterocycles. The highest BCUT2D eigenvalue weighted by molar-refractivity contribution is 7.99. The molecular formula is C12H13NO4S. The fraction of sp³-hybridized carbons (Fsp3) is 0.333. The van der Waals surface area contributed by atoms with Crippen molar-refractivity contribution in [1.29, 1.82) is 0 Å². The Morgan fingerprint density at radius 1 is 1.28 bits per heavy atom. The second kappa shape index (κ2) is 5.30. The number of fused-ring (bicyclic) bond motifs is 1. The van der Waals surface area contributed by atoms with Crippen LogP contribution in [0.25, 0.3) is 10.9 Å². The monoisotopic (exact) mass is 267 g/mol. The third kappa shape index (κ3) is 2.28. The van der Waals surface area contributed by atoms with E-state index in [-0.39, 0.29) is 0 Å². The zero-order valence-corrected chi connectivity index (χ0v) is 11.2. The van der Waals surface area contributed by atoms with E-state index in [0.717, 1.165) is 5.75 Å². The Morgan fingerprint density at radius 3 is 2.56 bits per heavy atom. The third-order valence-corrected chi connectivity index (χ3v) is 3.09. The van der Waals surface area contributed by atoms with Crippen molar-refractivity contribution in [3.63, 3.8) is 0 Å². The van der Waals surface area contributed by atoms with Crippen molar-refractivity contribution in [2.45, 2.75) is 12.1 Å². The number of rotatable bonds is 4. The number of ether oxygens (including phenoxy) is 2. The Bertz CT molecular complexity index is 623. The van der Waals surface area contributed by atoms with E-state index in [9.17, 15) is 4.79 Å². The van der Waals surface area contributed by atoms with Crippen LogP contribution in [0.15, 0.2) is 26.6 Å². The number of benzene rings is 1. The number of thioether (sulfide) groups is 1. The summed E-state index contributed by atoms with van der Waals surface area (Å²) < 4.78 is 15.4. The number of methoxy groups -OCH3 is 2. The van der Waals surface area contributed by atoms with Crippen molar-refractivity contribution in [2.24, 2.45) is 0 Å². The minimum absolute atomic E-state index is 0.363. The van der Waals surface area contributed by atoms with Gasteiger partial charge in [-0.2, -0.15) is 0 Å². The van der Waals surface area contributed by atoms with E-state index in [1.165, 1.54) is 26.0 Å². The van der Waals surface area contributed by atoms with Gasteiger partial charge in [-0.05, 0) is 5.75 Å². The second-order valence-electron chi connectivity index (χ2n) is 3.42. The minimum atomic E-state index is -0.420. The van der Waals surface area contributed by atoms with Gasteiger partial charge in [0.15, 0.2) is 11.5 Å². The van der Waals surface area contributed by atoms with Crippen LogP contribution in [0.4, 0.5) is 0 Å². The van der Waals surface area contributed by atoms with E-state index in [1.807, 2.05) is 6.92 Å². The summed E-state index contributed by atoms with van der Waals surface area (Å²) in [4.78, 5) is 16.1. The molecule has 0 aliphatic rings. The molecule has 0 fully saturated rings. The first-order valence-corrected chi connectivity index (χ1v) is 6.37. The maximum atomic E-state index is 11.8. The molecule has 0 spiro atoms. The van der Waals surface area contributed by atoms with Crippen LogP contribution >= 0.6 is 11.8 Å². The van der Waals surface area contributed by atoms with Crippen LogP contribution in [-0.2, 0) is 0 Å². The lowest BCUT2D eigenvalue weighted by Gasteiger charge is -2.08. The van der Waals surface area contributed by atoms with Gasteiger partial charge >= 0.3 is 5.63 Å². The van der Waals surface area contributed by atoms with Gasteiger partial charge in [-0.15, -0.1) is 0 Å². The van der Waals surface area contributed by atoms with Crippen LogP contribution in [-0.4, -0.2) is 25.0 Å². The lowest BCUT2D eigenvalue weighted by atomic mass is 10.2. The van der Waals surface area contributed by atoms with Crippen LogP contribution < -0.4 is 15.1 Å². The first kappa shape index (κ1) is 12.8. The molecule has 0 radical (unpaired) electrons. The summed E-state index contributed by atoms with van der Waals surface area (Å²) in [6, 6.07) is 3.25. The molecule has 2 aromatic rings. The van der Waals surface area contributed by atoms with Crippen molar-refractivity contribution >= 4 is 22.7 Å². The topological polar surface area (TPSA) is 61.6 Å². The molecule has 96 valence electrons. The summed E-state index contributed by atoms with van der Waals surface area (Å²) in [5, 5.41) is 0.746. The summed E-state index contributed by atoms with van der Waals surface area (Å²) >= 11 is 1.38. The number of hydrogen-bond acceptors (Lipinski definition) is 6. The molecule has 0 bridgehead atoms. The quantitative estimate of drug-likeness (QED) is 0.792. The predicted octanol–water partition coefficient (Wildman–Crippen LogP) is 2.32. The molecule has 6 heteroatoms. The Hall–Kier alpha value is -1.69. The molecule has 0 saturated heterocycles. The first-order chi connectivity index (χ1) is 8.69. The zero-order valence-electron chi connectivity index (χ0n) is 10.4. The van der Waals surface area contributed by atoms with Gasteiger partial charge in [0.25, 0.3) is 5.22 Å². The maximum Gasteiger partial charge on any atom is 0.347 e. The summed E-state index contributed by atoms with van der Waals surface area (Å²) in [7, 11) is 3.05. The molecular weight excluding hydrogens is 254 g/mol. The maximum absolute atomic E-state index is 11.8. The molecule has 2 rings (SSSR count). The summed E-state index contributed by atoms with van der Waals surface area (Å²) in [6.07, 6.45) is 0. The molecule has 0 N–H and O–H groups in total. The van der Waals surface area contributed by atoms with Crippen molar-refractivity contribution < 1.29 is 13.9 Å². The Balaban J connectivity index is 2.68. The average molecular weight is 267 g/mol. The summed E-state index contributed by atoms with van der Waals surface area (Å²) in [6.45, 7) is 1.96. The average Bonchev–Trinajstić information content (AvgIpc) is 2.37. The molecule has 5 nitrogen and oxygen atoms in total. The Kier molecular flexibility index (Phi) is 3.76. The molecule has 0 atom stereocenters. The van der Waals surface area contributed by atoms with Crippen molar-refractivity contribution in [3.8, 4) is 11.5 Å². The number of aromatic nitrogens is 1. The lowest BCUT2D eigenvalue weighted by Crippen LogP contribution is -2.03. The van der Waals surface area contributed by atoms with E-state index in [2.05, 4.69) is 4.98 Å². The van der Waals surface area contributed by atoms with E-state index >= 15 is 0 Å². The fourth-order valence-corrected chi connectivity index (χ4v) is 2.11. The highest BCUT2D eigenvalue weighted by Crippen LogP contribution is 2.30. The van der Waals surface area contributed by atoms with E-state index in [1.54, 1.807) is 12.1 Å². The smallest absolute Gasteiger partial charge is 0.347 e. The standard InChI is InChI=1S/C12H13NO4S/c1-4-18-12-13-8-6-10(16-3)9(15-2)5-7(8)11(14)17-12/h5-6H,4H2,1-3H3. The zero-order chi connectivity index (χ0) is 13.1. The highest BCUT2D eigenvalue weighted by Gasteiger charge is 2.12. The van der Waals surface area contributed by atoms with Crippen LogP contribution in [0.1, 0.15) is 6.92 Å². The van der Waals surface area contributed by atoms with Gasteiger partial charge in [0.05, 0.1) is 25.1 Å². The largest absolute Gasteiger partial charge is 0.493 e. The van der Waals surface area contributed by atoms with E-state index < -0.39 is 5.63 Å². The van der Waals surface area contributed by atoms with E-state index in [4.69, 9.17) is 13.9 Å². The number of nitrogens with zero attached hydrogens (tertiary/aromatic N) is 1. The second-order valence-corrected chi connectivity index (χ2v) is 4.64. The van der Waals surface area contributed by atoms with Gasteiger partial charge in [0.1, 0.15) is 0 Å². The van der Waals surface area contributed by atoms with Gasteiger partial charge in [-0.3, -0.25) is 0 Å². The van der Waals surface area contributed by atoms with Crippen LogP contribution in [0.2, 0.25) is 0 Å². The molecule has 18 heavy (non-hydrogen) atoms. The van der Waals surface area contributed by atoms with Gasteiger partial charge in [-0.25, -0.2) is 9.78 Å². The minimum Gasteiger partial charge on any atom is -0.493 e. The normalized spacial score (nSPS) is 10.6. The van der Waals surface area contributed by atoms with Gasteiger partial charge < -0.3 is 13.9 Å². The molecule has 0 unspecified atom stereocenters.